The minimum absolute atomic E-state index is 0.0260. The number of thioether (sulfide) groups is 1. The van der Waals surface area contributed by atoms with Gasteiger partial charge in [0.05, 0.1) is 28.1 Å². The predicted octanol–water partition coefficient (Wildman–Crippen LogP) is 2.17. The number of pyridine rings is 1. The van der Waals surface area contributed by atoms with Crippen LogP contribution in [0.5, 0.6) is 0 Å². The Morgan fingerprint density at radius 3 is 2.50 bits per heavy atom. The van der Waals surface area contributed by atoms with Crippen LogP contribution in [0.15, 0.2) is 22.0 Å². The van der Waals surface area contributed by atoms with Crippen LogP contribution in [0.4, 0.5) is 10.1 Å². The van der Waals surface area contributed by atoms with Gasteiger partial charge in [0.2, 0.25) is 5.43 Å². The molecule has 0 radical (unpaired) electrons. The third kappa shape index (κ3) is 2.98. The number of ketones is 1. The van der Waals surface area contributed by atoms with Crippen LogP contribution in [-0.2, 0) is 4.79 Å². The van der Waals surface area contributed by atoms with Crippen LogP contribution in [0.3, 0.4) is 0 Å². The molecule has 0 bridgehead atoms. The average Bonchev–Trinajstić information content (AvgIpc) is 2.61. The lowest BCUT2D eigenvalue weighted by Gasteiger charge is -2.37. The van der Waals surface area contributed by atoms with E-state index in [0.29, 0.717) is 49.0 Å². The molecule has 0 saturated carbocycles. The molecule has 1 atom stereocenters. The van der Waals surface area contributed by atoms with Gasteiger partial charge in [-0.15, -0.1) is 0 Å². The zero-order valence-corrected chi connectivity index (χ0v) is 16.4. The van der Waals surface area contributed by atoms with Crippen molar-refractivity contribution in [2.24, 2.45) is 0 Å². The summed E-state index contributed by atoms with van der Waals surface area (Å²) in [5.41, 5.74) is 0.0144. The maximum atomic E-state index is 14.9. The summed E-state index contributed by atoms with van der Waals surface area (Å²) in [5.74, 6) is -1.73. The minimum Gasteiger partial charge on any atom is -0.477 e. The standard InChI is InChI=1S/C19H20FN3O4S/c1-10(24)9-21-3-5-22(6-4-21)15-8-14-12(7-13(15)20)17(25)16(19(26)27)18-23(14)11(2)28-18/h7-8,11H,3-6,9H2,1-2H3,(H,26,27). The summed E-state index contributed by atoms with van der Waals surface area (Å²) in [5, 5.41) is 9.89. The van der Waals surface area contributed by atoms with Crippen molar-refractivity contribution >= 4 is 40.1 Å². The number of rotatable bonds is 4. The molecule has 7 nitrogen and oxygen atoms in total. The molecule has 4 rings (SSSR count). The molecule has 1 fully saturated rings. The molecule has 0 spiro atoms. The molecule has 2 aliphatic rings. The quantitative estimate of drug-likeness (QED) is 0.835. The van der Waals surface area contributed by atoms with Crippen LogP contribution >= 0.6 is 11.8 Å². The summed E-state index contributed by atoms with van der Waals surface area (Å²) >= 11 is 1.33. The van der Waals surface area contributed by atoms with Gasteiger partial charge in [0.25, 0.3) is 0 Å². The number of anilines is 1. The lowest BCUT2D eigenvalue weighted by Crippen LogP contribution is -2.48. The number of fused-ring (bicyclic) bond motifs is 3. The van der Waals surface area contributed by atoms with E-state index in [1.54, 1.807) is 17.6 Å². The second-order valence-corrected chi connectivity index (χ2v) is 8.49. The fourth-order valence-corrected chi connectivity index (χ4v) is 5.08. The Morgan fingerprint density at radius 2 is 1.93 bits per heavy atom. The smallest absolute Gasteiger partial charge is 0.342 e. The minimum atomic E-state index is -1.29. The molecule has 1 aromatic carbocycles. The fourth-order valence-electron chi connectivity index (χ4n) is 3.93. The molecule has 9 heteroatoms. The number of halogens is 1. The fraction of sp³-hybridized carbons (Fsp3) is 0.421. The second kappa shape index (κ2) is 6.89. The van der Waals surface area contributed by atoms with Crippen LogP contribution in [0.25, 0.3) is 10.9 Å². The van der Waals surface area contributed by atoms with Crippen LogP contribution in [0, 0.1) is 5.82 Å². The van der Waals surface area contributed by atoms with Gasteiger partial charge in [-0.2, -0.15) is 0 Å². The number of aromatic nitrogens is 1. The summed E-state index contributed by atoms with van der Waals surface area (Å²) in [4.78, 5) is 39.4. The van der Waals surface area contributed by atoms with Crippen LogP contribution in [0.1, 0.15) is 29.6 Å². The van der Waals surface area contributed by atoms with E-state index in [0.717, 1.165) is 6.07 Å². The van der Waals surface area contributed by atoms with Gasteiger partial charge < -0.3 is 14.6 Å². The summed E-state index contributed by atoms with van der Waals surface area (Å²) in [7, 11) is 0. The molecule has 1 N–H and O–H groups in total. The number of piperazine rings is 1. The SMILES string of the molecule is CC(=O)CN1CCN(c2cc3c(cc2F)c(=O)c(C(=O)O)c2n3C(C)S2)CC1. The predicted molar refractivity (Wildman–Crippen MR) is 105 cm³/mol. The maximum absolute atomic E-state index is 14.9. The molecule has 1 saturated heterocycles. The first-order valence-electron chi connectivity index (χ1n) is 9.06. The van der Waals surface area contributed by atoms with Crippen molar-refractivity contribution < 1.29 is 19.1 Å². The molecule has 3 heterocycles. The first-order valence-corrected chi connectivity index (χ1v) is 9.94. The summed E-state index contributed by atoms with van der Waals surface area (Å²) in [6, 6.07) is 2.81. The first-order chi connectivity index (χ1) is 13.3. The van der Waals surface area contributed by atoms with E-state index in [1.165, 1.54) is 11.8 Å². The van der Waals surface area contributed by atoms with E-state index in [1.807, 2.05) is 16.7 Å². The Hall–Kier alpha value is -2.39. The monoisotopic (exact) mass is 405 g/mol. The number of aromatic carboxylic acids is 1. The highest BCUT2D eigenvalue weighted by Crippen LogP contribution is 2.46. The zero-order valence-electron chi connectivity index (χ0n) is 15.6. The molecule has 0 aliphatic carbocycles. The lowest BCUT2D eigenvalue weighted by molar-refractivity contribution is -0.118. The topological polar surface area (TPSA) is 82.8 Å². The van der Waals surface area contributed by atoms with Crippen molar-refractivity contribution in [2.45, 2.75) is 24.2 Å². The highest BCUT2D eigenvalue weighted by molar-refractivity contribution is 8.00. The van der Waals surface area contributed by atoms with Crippen molar-refractivity contribution in [1.82, 2.24) is 9.47 Å². The number of carboxylic acids is 1. The van der Waals surface area contributed by atoms with Crippen LogP contribution < -0.4 is 10.3 Å². The van der Waals surface area contributed by atoms with Gasteiger partial charge in [-0.25, -0.2) is 9.18 Å². The van der Waals surface area contributed by atoms with E-state index in [4.69, 9.17) is 0 Å². The van der Waals surface area contributed by atoms with Crippen molar-refractivity contribution in [3.63, 3.8) is 0 Å². The molecular weight excluding hydrogens is 385 g/mol. The van der Waals surface area contributed by atoms with E-state index in [-0.39, 0.29) is 22.1 Å². The summed E-state index contributed by atoms with van der Waals surface area (Å²) in [6.45, 7) is 6.31. The van der Waals surface area contributed by atoms with Gasteiger partial charge >= 0.3 is 5.97 Å². The molecule has 0 amide bonds. The highest BCUT2D eigenvalue weighted by Gasteiger charge is 2.33. The molecule has 2 aromatic rings. The van der Waals surface area contributed by atoms with Gasteiger partial charge in [0.1, 0.15) is 17.2 Å². The molecule has 2 aliphatic heterocycles. The van der Waals surface area contributed by atoms with Crippen molar-refractivity contribution in [1.29, 1.82) is 0 Å². The average molecular weight is 405 g/mol. The van der Waals surface area contributed by atoms with E-state index in [9.17, 15) is 23.9 Å². The highest BCUT2D eigenvalue weighted by atomic mass is 32.2. The van der Waals surface area contributed by atoms with Crippen LogP contribution in [-0.4, -0.2) is 59.0 Å². The Labute approximate surface area is 164 Å². The maximum Gasteiger partial charge on any atom is 0.342 e. The molecule has 1 unspecified atom stereocenters. The number of carbonyl (C=O) groups is 2. The number of carboxylic acid groups (broad SMARTS) is 1. The molecule has 28 heavy (non-hydrogen) atoms. The van der Waals surface area contributed by atoms with Crippen LogP contribution in [0.2, 0.25) is 0 Å². The van der Waals surface area contributed by atoms with Crippen molar-refractivity contribution in [3.05, 3.63) is 33.7 Å². The zero-order chi connectivity index (χ0) is 20.2. The van der Waals surface area contributed by atoms with Crippen molar-refractivity contribution in [2.75, 3.05) is 37.6 Å². The Morgan fingerprint density at radius 1 is 1.25 bits per heavy atom. The Balaban J connectivity index is 1.76. The summed E-state index contributed by atoms with van der Waals surface area (Å²) < 4.78 is 16.7. The number of hydrogen-bond donors (Lipinski definition) is 1. The summed E-state index contributed by atoms with van der Waals surface area (Å²) in [6.07, 6.45) is 0. The van der Waals surface area contributed by atoms with E-state index < -0.39 is 17.2 Å². The molecular formula is C19H20FN3O4S. The van der Waals surface area contributed by atoms with Crippen molar-refractivity contribution in [3.8, 4) is 0 Å². The molecule has 1 aromatic heterocycles. The largest absolute Gasteiger partial charge is 0.477 e. The number of benzene rings is 1. The van der Waals surface area contributed by atoms with Gasteiger partial charge in [0, 0.05) is 31.6 Å². The number of nitrogens with zero attached hydrogens (tertiary/aromatic N) is 3. The Kier molecular flexibility index (Phi) is 4.67. The first kappa shape index (κ1) is 18.9. The van der Waals surface area contributed by atoms with Gasteiger partial charge in [-0.1, -0.05) is 11.8 Å². The molecule has 148 valence electrons. The second-order valence-electron chi connectivity index (χ2n) is 7.19. The normalized spacial score (nSPS) is 19.4. The van der Waals surface area contributed by atoms with E-state index >= 15 is 0 Å². The number of hydrogen-bond acceptors (Lipinski definition) is 6. The third-order valence-corrected chi connectivity index (χ3v) is 6.42. The van der Waals surface area contributed by atoms with E-state index in [2.05, 4.69) is 0 Å². The number of Topliss-reactive ketones (excluding diaryl/α,β-unsaturated/α-hetero) is 1. The van der Waals surface area contributed by atoms with Gasteiger partial charge in [-0.3, -0.25) is 14.5 Å². The number of carbonyl (C=O) groups excluding carboxylic acids is 1. The lowest BCUT2D eigenvalue weighted by atomic mass is 10.1. The third-order valence-electron chi connectivity index (χ3n) is 5.25. The Bertz CT molecular complexity index is 1060. The van der Waals surface area contributed by atoms with Gasteiger partial charge in [0.15, 0.2) is 0 Å². The van der Waals surface area contributed by atoms with Gasteiger partial charge in [-0.05, 0) is 26.0 Å².